The molecule has 2 radical (unpaired) electrons. The first-order valence-electron chi connectivity index (χ1n) is 9.49. The molecule has 5 rings (SSSR count). The molecule has 146 valence electrons. The molecule has 0 amide bonds. The zero-order valence-electron chi connectivity index (χ0n) is 15.9. The maximum absolute atomic E-state index is 12.0. The molecule has 2 aromatic rings. The lowest BCUT2D eigenvalue weighted by molar-refractivity contribution is 0.00499. The van der Waals surface area contributed by atoms with E-state index in [1.807, 2.05) is 30.3 Å². The highest BCUT2D eigenvalue weighted by molar-refractivity contribution is 8.10. The Bertz CT molecular complexity index is 997. The Hall–Kier alpha value is -1.90. The van der Waals surface area contributed by atoms with Gasteiger partial charge in [-0.25, -0.2) is 13.1 Å². The van der Waals surface area contributed by atoms with E-state index in [9.17, 15) is 8.42 Å². The van der Waals surface area contributed by atoms with E-state index in [0.717, 1.165) is 42.4 Å². The third-order valence-electron chi connectivity index (χ3n) is 6.15. The highest BCUT2D eigenvalue weighted by Gasteiger charge is 2.43. The van der Waals surface area contributed by atoms with Crippen LogP contribution in [0.5, 0.6) is 5.75 Å². The number of aromatic nitrogens is 1. The number of nitrogens with one attached hydrogen (secondary N) is 1. The first-order chi connectivity index (χ1) is 13.4. The van der Waals surface area contributed by atoms with Gasteiger partial charge >= 0.3 is 0 Å². The van der Waals surface area contributed by atoms with E-state index in [4.69, 9.17) is 11.9 Å². The van der Waals surface area contributed by atoms with Crippen LogP contribution in [0.25, 0.3) is 10.9 Å². The minimum Gasteiger partial charge on any atom is -0.497 e. The van der Waals surface area contributed by atoms with Gasteiger partial charge in [-0.2, -0.15) is 0 Å². The van der Waals surface area contributed by atoms with Crippen molar-refractivity contribution in [1.82, 2.24) is 14.6 Å². The van der Waals surface area contributed by atoms with E-state index < -0.39 is 15.9 Å². The maximum atomic E-state index is 12.0. The summed E-state index contributed by atoms with van der Waals surface area (Å²) in [5, 5.41) is 0.867. The lowest BCUT2D eigenvalue weighted by Gasteiger charge is -2.51. The molecular weight excluding hydrogens is 373 g/mol. The molecular formula is C20H24BN3O3S. The summed E-state index contributed by atoms with van der Waals surface area (Å²) in [7, 11) is 3.14. The molecule has 4 heterocycles. The predicted octanol–water partition coefficient (Wildman–Crippen LogP) is 2.18. The van der Waals surface area contributed by atoms with Crippen LogP contribution in [0.2, 0.25) is 0 Å². The SMILES string of the molecule is [B]S(=O)(=O)N[C@@H](c1ccnc2ccc(OC)cc12)C1CC2CCN1CC2C=C. The first kappa shape index (κ1) is 19.4. The summed E-state index contributed by atoms with van der Waals surface area (Å²) < 4.78 is 32.1. The van der Waals surface area contributed by atoms with E-state index >= 15 is 0 Å². The van der Waals surface area contributed by atoms with E-state index in [1.54, 1.807) is 13.3 Å². The number of nitrogens with zero attached hydrogens (tertiary/aromatic N) is 2. The largest absolute Gasteiger partial charge is 0.497 e. The number of piperidine rings is 3. The molecule has 3 aliphatic heterocycles. The van der Waals surface area contributed by atoms with Crippen LogP contribution in [0.4, 0.5) is 0 Å². The van der Waals surface area contributed by atoms with Crippen LogP contribution in [-0.4, -0.2) is 51.7 Å². The van der Waals surface area contributed by atoms with Gasteiger partial charge in [0.1, 0.15) is 15.6 Å². The number of rotatable bonds is 6. The number of ether oxygens (including phenoxy) is 1. The minimum atomic E-state index is -3.89. The molecule has 6 nitrogen and oxygen atoms in total. The van der Waals surface area contributed by atoms with Crippen LogP contribution >= 0.6 is 0 Å². The van der Waals surface area contributed by atoms with E-state index in [-0.39, 0.29) is 6.04 Å². The normalized spacial score (nSPS) is 28.2. The number of benzene rings is 1. The summed E-state index contributed by atoms with van der Waals surface area (Å²) in [4.78, 5) is 6.79. The van der Waals surface area contributed by atoms with Crippen molar-refractivity contribution in [2.45, 2.75) is 24.9 Å². The Morgan fingerprint density at radius 1 is 1.43 bits per heavy atom. The molecule has 3 saturated heterocycles. The molecule has 0 saturated carbocycles. The Labute approximate surface area is 167 Å². The second-order valence-corrected chi connectivity index (χ2v) is 9.00. The second kappa shape index (κ2) is 7.50. The fraction of sp³-hybridized carbons (Fsp3) is 0.450. The van der Waals surface area contributed by atoms with Crippen molar-refractivity contribution in [2.75, 3.05) is 20.2 Å². The van der Waals surface area contributed by atoms with Crippen molar-refractivity contribution in [1.29, 1.82) is 0 Å². The molecule has 3 fully saturated rings. The molecule has 5 atom stereocenters. The van der Waals surface area contributed by atoms with Crippen LogP contribution in [0.15, 0.2) is 43.1 Å². The minimum absolute atomic E-state index is 0.0325. The number of hydrogen-bond acceptors (Lipinski definition) is 5. The fourth-order valence-electron chi connectivity index (χ4n) is 4.79. The summed E-state index contributed by atoms with van der Waals surface area (Å²) >= 11 is 0. The van der Waals surface area contributed by atoms with Gasteiger partial charge in [-0.05, 0) is 61.1 Å². The van der Waals surface area contributed by atoms with Crippen LogP contribution in [0, 0.1) is 11.8 Å². The quantitative estimate of drug-likeness (QED) is 0.598. The molecule has 1 N–H and O–H groups in total. The fourth-order valence-corrected chi connectivity index (χ4v) is 5.43. The molecule has 2 bridgehead atoms. The van der Waals surface area contributed by atoms with Crippen LogP contribution in [0.1, 0.15) is 24.4 Å². The number of methoxy groups -OCH3 is 1. The summed E-state index contributed by atoms with van der Waals surface area (Å²) in [6.07, 6.45) is 5.75. The van der Waals surface area contributed by atoms with Crippen molar-refractivity contribution in [3.05, 3.63) is 48.7 Å². The van der Waals surface area contributed by atoms with Gasteiger partial charge in [0.25, 0.3) is 7.12 Å². The summed E-state index contributed by atoms with van der Waals surface area (Å²) in [6.45, 7) is 5.82. The Balaban J connectivity index is 1.80. The molecule has 1 aromatic heterocycles. The van der Waals surface area contributed by atoms with Crippen molar-refractivity contribution < 1.29 is 13.2 Å². The molecule has 1 aromatic carbocycles. The van der Waals surface area contributed by atoms with Gasteiger partial charge in [0.05, 0.1) is 18.7 Å². The van der Waals surface area contributed by atoms with Crippen LogP contribution in [-0.2, 0) is 9.87 Å². The highest BCUT2D eigenvalue weighted by Crippen LogP contribution is 2.42. The predicted molar refractivity (Wildman–Crippen MR) is 111 cm³/mol. The van der Waals surface area contributed by atoms with Gasteiger partial charge in [0.15, 0.2) is 0 Å². The van der Waals surface area contributed by atoms with Gasteiger partial charge in [-0.1, -0.05) is 6.08 Å². The molecule has 0 aliphatic carbocycles. The summed E-state index contributed by atoms with van der Waals surface area (Å²) in [5.41, 5.74) is 1.66. The Kier molecular flexibility index (Phi) is 5.20. The summed E-state index contributed by atoms with van der Waals surface area (Å²) in [6, 6.07) is 7.08. The van der Waals surface area contributed by atoms with Crippen molar-refractivity contribution in [3.8, 4) is 5.75 Å². The van der Waals surface area contributed by atoms with Crippen molar-refractivity contribution in [2.24, 2.45) is 11.8 Å². The standard InChI is InChI=1S/C20H24BN3O3S/c1-3-13-12-24-9-7-14(13)10-19(24)20(23-28(21,25)26)16-6-8-22-18-5-4-15(27-2)11-17(16)18/h3-6,8,11,13-14,19-20,23H,1,7,9-10,12H2,2H3/t13?,14?,19?,20-/m0/s1. The van der Waals surface area contributed by atoms with Gasteiger partial charge < -0.3 is 4.74 Å². The smallest absolute Gasteiger partial charge is 0.277 e. The number of fused-ring (bicyclic) bond motifs is 4. The zero-order valence-corrected chi connectivity index (χ0v) is 16.7. The lowest BCUT2D eigenvalue weighted by Crippen LogP contribution is -2.57. The molecule has 3 aliphatic rings. The van der Waals surface area contributed by atoms with Gasteiger partial charge in [0, 0.05) is 24.2 Å². The third kappa shape index (κ3) is 3.68. The third-order valence-corrected chi connectivity index (χ3v) is 6.73. The lowest BCUT2D eigenvalue weighted by atomic mass is 9.73. The first-order valence-corrected chi connectivity index (χ1v) is 11.0. The average Bonchev–Trinajstić information content (AvgIpc) is 2.70. The van der Waals surface area contributed by atoms with Gasteiger partial charge in [0.2, 0.25) is 0 Å². The molecule has 4 unspecified atom stereocenters. The van der Waals surface area contributed by atoms with Crippen LogP contribution < -0.4 is 9.46 Å². The monoisotopic (exact) mass is 397 g/mol. The Morgan fingerprint density at radius 2 is 2.25 bits per heavy atom. The number of hydrogen-bond donors (Lipinski definition) is 1. The zero-order chi connectivity index (χ0) is 19.9. The Morgan fingerprint density at radius 3 is 2.89 bits per heavy atom. The van der Waals surface area contributed by atoms with Gasteiger partial charge in [-0.15, -0.1) is 6.58 Å². The maximum Gasteiger partial charge on any atom is 0.277 e. The second-order valence-electron chi connectivity index (χ2n) is 7.67. The summed E-state index contributed by atoms with van der Waals surface area (Å²) in [5.74, 6) is 1.67. The molecule has 28 heavy (non-hydrogen) atoms. The van der Waals surface area contributed by atoms with Crippen LogP contribution in [0.3, 0.4) is 0 Å². The van der Waals surface area contributed by atoms with Crippen molar-refractivity contribution in [3.63, 3.8) is 0 Å². The van der Waals surface area contributed by atoms with Gasteiger partial charge in [-0.3, -0.25) is 9.88 Å². The molecule has 8 heteroatoms. The van der Waals surface area contributed by atoms with E-state index in [2.05, 4.69) is 21.2 Å². The number of pyridine rings is 1. The highest BCUT2D eigenvalue weighted by atomic mass is 32.2. The van der Waals surface area contributed by atoms with Crippen molar-refractivity contribution >= 4 is 27.9 Å². The topological polar surface area (TPSA) is 71.5 Å². The average molecular weight is 397 g/mol. The van der Waals surface area contributed by atoms with E-state index in [1.165, 1.54) is 0 Å². The molecule has 0 spiro atoms. The van der Waals surface area contributed by atoms with E-state index in [0.29, 0.717) is 17.6 Å².